The lowest BCUT2D eigenvalue weighted by molar-refractivity contribution is 0.702. The Balaban J connectivity index is 3.48. The van der Waals surface area contributed by atoms with Crippen molar-refractivity contribution in [1.29, 1.82) is 0 Å². The molecule has 16 heavy (non-hydrogen) atoms. The first-order valence-corrected chi connectivity index (χ1v) is 7.02. The lowest BCUT2D eigenvalue weighted by Crippen LogP contribution is -2.48. The minimum atomic E-state index is -2.00. The molecule has 1 rings (SSSR count). The van der Waals surface area contributed by atoms with Crippen molar-refractivity contribution in [3.8, 4) is 0 Å². The van der Waals surface area contributed by atoms with E-state index < -0.39 is 14.0 Å². The Morgan fingerprint density at radius 1 is 0.938 bits per heavy atom. The molecule has 0 amide bonds. The Morgan fingerprint density at radius 2 is 1.38 bits per heavy atom. The third-order valence-electron chi connectivity index (χ3n) is 1.90. The van der Waals surface area contributed by atoms with Gasteiger partial charge in [-0.2, -0.15) is 0 Å². The quantitative estimate of drug-likeness (QED) is 0.414. The lowest BCUT2D eigenvalue weighted by atomic mass is 10.00. The monoisotopic (exact) mass is 400 g/mol. The molecule has 0 radical (unpaired) electrons. The van der Waals surface area contributed by atoms with Crippen molar-refractivity contribution in [3.63, 3.8) is 0 Å². The number of hydrogen-bond acceptors (Lipinski definition) is 0. The van der Waals surface area contributed by atoms with Crippen LogP contribution in [0.1, 0.15) is 0 Å². The van der Waals surface area contributed by atoms with E-state index in [0.717, 1.165) is 0 Å². The van der Waals surface area contributed by atoms with Crippen LogP contribution in [0.5, 0.6) is 0 Å². The van der Waals surface area contributed by atoms with Crippen LogP contribution in [0.15, 0.2) is 20.1 Å². The molecular weight excluding hydrogens is 403 g/mol. The topological polar surface area (TPSA) is 0 Å². The highest BCUT2D eigenvalue weighted by molar-refractivity contribution is 6.73. The van der Waals surface area contributed by atoms with Gasteiger partial charge in [-0.25, -0.2) is 0 Å². The zero-order chi connectivity index (χ0) is 12.9. The molecule has 92 valence electrons. The zero-order valence-electron chi connectivity index (χ0n) is 6.98. The summed E-state index contributed by atoms with van der Waals surface area (Å²) in [6.45, 7) is 0. The first kappa shape index (κ1) is 16.1. The molecule has 0 aliphatic heterocycles. The number of allylic oxidation sites excluding steroid dienone is 4. The summed E-state index contributed by atoms with van der Waals surface area (Å²) in [6, 6.07) is 0. The molecule has 0 aromatic rings. The SMILES string of the molecule is ClC1=C(Cl)C(Cl)C(Cl)(C(Cl)(Cl)Cl)C(Cl)=C1Cl. The molecule has 0 aromatic heterocycles. The molecule has 1 aliphatic carbocycles. The van der Waals surface area contributed by atoms with E-state index in [0.29, 0.717) is 0 Å². The van der Waals surface area contributed by atoms with E-state index >= 15 is 0 Å². The highest BCUT2D eigenvalue weighted by Crippen LogP contribution is 2.59. The molecular formula is C7HCl9. The van der Waals surface area contributed by atoms with Gasteiger partial charge in [0.1, 0.15) is 4.87 Å². The molecule has 0 spiro atoms. The van der Waals surface area contributed by atoms with Gasteiger partial charge in [-0.1, -0.05) is 81.2 Å². The first-order valence-electron chi connectivity index (χ1n) is 3.56. The smallest absolute Gasteiger partial charge is 0.114 e. The number of alkyl halides is 5. The van der Waals surface area contributed by atoms with E-state index in [1.54, 1.807) is 0 Å². The zero-order valence-corrected chi connectivity index (χ0v) is 13.8. The standard InChI is InChI=1S/C7HCl9/c8-1-2(9)4(11)6(13,7(14,15)16)5(12)3(1)10/h4H. The fraction of sp³-hybridized carbons (Fsp3) is 0.429. The summed E-state index contributed by atoms with van der Waals surface area (Å²) in [5.74, 6) is 0. The second kappa shape index (κ2) is 5.23. The van der Waals surface area contributed by atoms with Gasteiger partial charge in [-0.05, 0) is 0 Å². The predicted octanol–water partition coefficient (Wildman–Crippen LogP) is 6.33. The van der Waals surface area contributed by atoms with Crippen LogP contribution in [0.25, 0.3) is 0 Å². The molecule has 0 fully saturated rings. The second-order valence-electron chi connectivity index (χ2n) is 2.86. The van der Waals surface area contributed by atoms with E-state index in [1.807, 2.05) is 0 Å². The summed E-state index contributed by atoms with van der Waals surface area (Å²) >= 11 is 52.7. The third-order valence-corrected chi connectivity index (χ3v) is 6.59. The van der Waals surface area contributed by atoms with Gasteiger partial charge in [0.25, 0.3) is 0 Å². The number of rotatable bonds is 0. The summed E-state index contributed by atoms with van der Waals surface area (Å²) in [4.78, 5) is -1.77. The average molecular weight is 404 g/mol. The second-order valence-corrected chi connectivity index (χ2v) is 7.72. The summed E-state index contributed by atoms with van der Waals surface area (Å²) in [6.07, 6.45) is 0. The van der Waals surface area contributed by atoms with E-state index in [2.05, 4.69) is 0 Å². The molecule has 2 unspecified atom stereocenters. The molecule has 9 heteroatoms. The number of halogens is 9. The van der Waals surface area contributed by atoms with Crippen molar-refractivity contribution >= 4 is 104 Å². The maximum atomic E-state index is 6.13. The van der Waals surface area contributed by atoms with Gasteiger partial charge in [-0.3, -0.25) is 0 Å². The Morgan fingerprint density at radius 3 is 1.75 bits per heavy atom. The van der Waals surface area contributed by atoms with E-state index in [1.165, 1.54) is 0 Å². The van der Waals surface area contributed by atoms with Crippen LogP contribution in [0, 0.1) is 0 Å². The average Bonchev–Trinajstić information content (AvgIpc) is 2.19. The van der Waals surface area contributed by atoms with Gasteiger partial charge >= 0.3 is 0 Å². The summed E-state index contributed by atoms with van der Waals surface area (Å²) in [7, 11) is 0. The van der Waals surface area contributed by atoms with Crippen molar-refractivity contribution < 1.29 is 0 Å². The molecule has 0 bridgehead atoms. The molecule has 0 heterocycles. The maximum Gasteiger partial charge on any atom is 0.216 e. The maximum absolute atomic E-state index is 6.13. The Bertz CT molecular complexity index is 376. The van der Waals surface area contributed by atoms with E-state index in [-0.39, 0.29) is 20.1 Å². The summed E-state index contributed by atoms with van der Waals surface area (Å²) < 4.78 is -2.00. The fourth-order valence-electron chi connectivity index (χ4n) is 1.03. The highest BCUT2D eigenvalue weighted by Gasteiger charge is 2.59. The van der Waals surface area contributed by atoms with E-state index in [9.17, 15) is 0 Å². The van der Waals surface area contributed by atoms with Gasteiger partial charge < -0.3 is 0 Å². The summed E-state index contributed by atoms with van der Waals surface area (Å²) in [5, 5.41) is -1.40. The van der Waals surface area contributed by atoms with Crippen molar-refractivity contribution in [3.05, 3.63) is 20.1 Å². The van der Waals surface area contributed by atoms with Crippen LogP contribution in [0.4, 0.5) is 0 Å². The predicted molar refractivity (Wildman–Crippen MR) is 76.0 cm³/mol. The van der Waals surface area contributed by atoms with Crippen molar-refractivity contribution in [2.24, 2.45) is 0 Å². The van der Waals surface area contributed by atoms with Crippen LogP contribution in [0.3, 0.4) is 0 Å². The molecule has 0 saturated carbocycles. The first-order chi connectivity index (χ1) is 7.05. The fourth-order valence-corrected chi connectivity index (χ4v) is 3.91. The Hall–Kier alpha value is 2.09. The Kier molecular flexibility index (Phi) is 5.28. The van der Waals surface area contributed by atoms with Gasteiger partial charge in [0.2, 0.25) is 3.79 Å². The molecule has 0 saturated heterocycles. The highest BCUT2D eigenvalue weighted by atomic mass is 35.6. The van der Waals surface area contributed by atoms with Crippen molar-refractivity contribution in [2.45, 2.75) is 14.0 Å². The third kappa shape index (κ3) is 2.40. The van der Waals surface area contributed by atoms with Crippen LogP contribution in [-0.2, 0) is 0 Å². The van der Waals surface area contributed by atoms with Crippen LogP contribution < -0.4 is 0 Å². The minimum Gasteiger partial charge on any atom is -0.114 e. The van der Waals surface area contributed by atoms with Gasteiger partial charge in [-0.15, -0.1) is 23.2 Å². The molecule has 0 aromatic carbocycles. The Labute approximate surface area is 137 Å². The van der Waals surface area contributed by atoms with Crippen LogP contribution in [-0.4, -0.2) is 14.0 Å². The molecule has 2 atom stereocenters. The van der Waals surface area contributed by atoms with E-state index in [4.69, 9.17) is 104 Å². The molecule has 0 N–H and O–H groups in total. The number of hydrogen-bond donors (Lipinski definition) is 0. The normalized spacial score (nSPS) is 32.4. The largest absolute Gasteiger partial charge is 0.216 e. The van der Waals surface area contributed by atoms with Crippen molar-refractivity contribution in [2.75, 3.05) is 0 Å². The van der Waals surface area contributed by atoms with Gasteiger partial charge in [0, 0.05) is 0 Å². The van der Waals surface area contributed by atoms with Gasteiger partial charge in [0.05, 0.1) is 25.5 Å². The van der Waals surface area contributed by atoms with Crippen molar-refractivity contribution in [1.82, 2.24) is 0 Å². The van der Waals surface area contributed by atoms with Gasteiger partial charge in [0.15, 0.2) is 0 Å². The van der Waals surface area contributed by atoms with Crippen LogP contribution >= 0.6 is 104 Å². The van der Waals surface area contributed by atoms with Crippen LogP contribution in [0.2, 0.25) is 0 Å². The molecule has 1 aliphatic rings. The lowest BCUT2D eigenvalue weighted by Gasteiger charge is -2.40. The minimum absolute atomic E-state index is 0.0149. The molecule has 0 nitrogen and oxygen atoms in total. The summed E-state index contributed by atoms with van der Waals surface area (Å²) in [5.41, 5.74) is 0.